The molecule has 0 fully saturated rings. The third-order valence-corrected chi connectivity index (χ3v) is 3.74. The smallest absolute Gasteiger partial charge is 0.226 e. The minimum Gasteiger partial charge on any atom is -0.495 e. The Balaban J connectivity index is 1.90. The summed E-state index contributed by atoms with van der Waals surface area (Å²) in [6, 6.07) is 10.5. The number of benzene rings is 2. The van der Waals surface area contributed by atoms with Crippen LogP contribution in [0.25, 0.3) is 0 Å². The van der Waals surface area contributed by atoms with Crippen molar-refractivity contribution in [2.24, 2.45) is 0 Å². The number of hydrogen-bond donors (Lipinski definition) is 2. The van der Waals surface area contributed by atoms with Crippen LogP contribution in [0.4, 0.5) is 11.4 Å². The van der Waals surface area contributed by atoms with E-state index in [2.05, 4.69) is 10.6 Å². The van der Waals surface area contributed by atoms with Gasteiger partial charge in [-0.1, -0.05) is 11.6 Å². The van der Waals surface area contributed by atoms with Crippen LogP contribution in [-0.4, -0.2) is 33.8 Å². The number of carbonyl (C=O) groups excluding carboxylic acids is 1. The molecule has 0 saturated heterocycles. The molecule has 0 spiro atoms. The van der Waals surface area contributed by atoms with Crippen molar-refractivity contribution in [3.05, 3.63) is 41.4 Å². The molecule has 0 aromatic heterocycles. The Kier molecular flexibility index (Phi) is 6.77. The Morgan fingerprint density at radius 3 is 2.32 bits per heavy atom. The second-order valence-corrected chi connectivity index (χ2v) is 5.58. The summed E-state index contributed by atoms with van der Waals surface area (Å²) in [7, 11) is 4.70. The minimum atomic E-state index is -0.145. The lowest BCUT2D eigenvalue weighted by molar-refractivity contribution is -0.116. The number of rotatable bonds is 8. The van der Waals surface area contributed by atoms with Gasteiger partial charge in [-0.25, -0.2) is 0 Å². The topological polar surface area (TPSA) is 68.8 Å². The van der Waals surface area contributed by atoms with Crippen LogP contribution in [0.5, 0.6) is 17.2 Å². The Morgan fingerprint density at radius 2 is 1.64 bits per heavy atom. The van der Waals surface area contributed by atoms with E-state index in [0.29, 0.717) is 34.5 Å². The molecule has 0 radical (unpaired) electrons. The summed E-state index contributed by atoms with van der Waals surface area (Å²) in [6.45, 7) is 0.462. The van der Waals surface area contributed by atoms with Gasteiger partial charge in [0.05, 0.1) is 27.0 Å². The highest BCUT2D eigenvalue weighted by molar-refractivity contribution is 6.31. The standard InChI is InChI=1S/C18H21ClN2O4/c1-23-15-6-4-12(19)10-14(15)21-18(22)8-9-20-13-5-7-16(24-2)17(11-13)25-3/h4-7,10-11,20H,8-9H2,1-3H3,(H,21,22). The fourth-order valence-electron chi connectivity index (χ4n) is 2.26. The molecule has 0 aliphatic carbocycles. The van der Waals surface area contributed by atoms with E-state index < -0.39 is 0 Å². The molecule has 2 aromatic carbocycles. The van der Waals surface area contributed by atoms with Crippen molar-refractivity contribution in [3.8, 4) is 17.2 Å². The Labute approximate surface area is 152 Å². The van der Waals surface area contributed by atoms with Gasteiger partial charge >= 0.3 is 0 Å². The van der Waals surface area contributed by atoms with E-state index in [9.17, 15) is 4.79 Å². The van der Waals surface area contributed by atoms with Gasteiger partial charge in [-0.3, -0.25) is 4.79 Å². The molecular formula is C18H21ClN2O4. The normalized spacial score (nSPS) is 10.1. The van der Waals surface area contributed by atoms with E-state index >= 15 is 0 Å². The van der Waals surface area contributed by atoms with Gasteiger partial charge < -0.3 is 24.8 Å². The van der Waals surface area contributed by atoms with Crippen LogP contribution in [0.2, 0.25) is 5.02 Å². The number of nitrogens with one attached hydrogen (secondary N) is 2. The zero-order chi connectivity index (χ0) is 18.2. The molecule has 2 aromatic rings. The van der Waals surface area contributed by atoms with Gasteiger partial charge in [-0.05, 0) is 30.3 Å². The van der Waals surface area contributed by atoms with Crippen molar-refractivity contribution < 1.29 is 19.0 Å². The molecule has 134 valence electrons. The number of anilines is 2. The van der Waals surface area contributed by atoms with Gasteiger partial charge in [0, 0.05) is 29.7 Å². The van der Waals surface area contributed by atoms with Gasteiger partial charge in [0.1, 0.15) is 5.75 Å². The van der Waals surface area contributed by atoms with Gasteiger partial charge in [0.15, 0.2) is 11.5 Å². The summed E-state index contributed by atoms with van der Waals surface area (Å²) < 4.78 is 15.6. The largest absolute Gasteiger partial charge is 0.495 e. The summed E-state index contributed by atoms with van der Waals surface area (Å²) in [5.74, 6) is 1.69. The van der Waals surface area contributed by atoms with Crippen molar-refractivity contribution in [2.45, 2.75) is 6.42 Å². The maximum absolute atomic E-state index is 12.1. The van der Waals surface area contributed by atoms with Crippen LogP contribution in [0.3, 0.4) is 0 Å². The first-order valence-electron chi connectivity index (χ1n) is 7.66. The van der Waals surface area contributed by atoms with Gasteiger partial charge in [0.25, 0.3) is 0 Å². The first kappa shape index (κ1) is 18.7. The Hall–Kier alpha value is -2.60. The molecule has 1 amide bonds. The first-order valence-corrected chi connectivity index (χ1v) is 8.04. The average molecular weight is 365 g/mol. The van der Waals surface area contributed by atoms with Crippen LogP contribution in [0, 0.1) is 0 Å². The number of ether oxygens (including phenoxy) is 3. The number of carbonyl (C=O) groups is 1. The van der Waals surface area contributed by atoms with Crippen molar-refractivity contribution >= 4 is 28.9 Å². The second kappa shape index (κ2) is 9.03. The van der Waals surface area contributed by atoms with Crippen LogP contribution in [0.15, 0.2) is 36.4 Å². The van der Waals surface area contributed by atoms with E-state index in [1.54, 1.807) is 38.5 Å². The zero-order valence-corrected chi connectivity index (χ0v) is 15.1. The zero-order valence-electron chi connectivity index (χ0n) is 14.4. The summed E-state index contributed by atoms with van der Waals surface area (Å²) in [4.78, 5) is 12.1. The minimum absolute atomic E-state index is 0.145. The molecule has 0 heterocycles. The SMILES string of the molecule is COc1ccc(Cl)cc1NC(=O)CCNc1ccc(OC)c(OC)c1. The van der Waals surface area contributed by atoms with E-state index in [-0.39, 0.29) is 12.3 Å². The fourth-order valence-corrected chi connectivity index (χ4v) is 2.43. The Morgan fingerprint density at radius 1 is 0.960 bits per heavy atom. The number of amides is 1. The third-order valence-electron chi connectivity index (χ3n) is 3.50. The summed E-state index contributed by atoms with van der Waals surface area (Å²) in [5.41, 5.74) is 1.39. The maximum atomic E-state index is 12.1. The van der Waals surface area contributed by atoms with Crippen molar-refractivity contribution in [1.82, 2.24) is 0 Å². The summed E-state index contributed by atoms with van der Waals surface area (Å²) in [5, 5.41) is 6.50. The number of halogens is 1. The molecule has 7 heteroatoms. The van der Waals surface area contributed by atoms with Crippen molar-refractivity contribution in [1.29, 1.82) is 0 Å². The molecular weight excluding hydrogens is 344 g/mol. The van der Waals surface area contributed by atoms with Gasteiger partial charge in [-0.15, -0.1) is 0 Å². The van der Waals surface area contributed by atoms with E-state index in [4.69, 9.17) is 25.8 Å². The molecule has 0 saturated carbocycles. The average Bonchev–Trinajstić information content (AvgIpc) is 2.61. The summed E-state index contributed by atoms with van der Waals surface area (Å²) >= 11 is 5.95. The van der Waals surface area contributed by atoms with Crippen molar-refractivity contribution in [2.75, 3.05) is 38.5 Å². The van der Waals surface area contributed by atoms with E-state index in [1.807, 2.05) is 12.1 Å². The van der Waals surface area contributed by atoms with Gasteiger partial charge in [0.2, 0.25) is 5.91 Å². The number of methoxy groups -OCH3 is 3. The lowest BCUT2D eigenvalue weighted by atomic mass is 10.2. The third kappa shape index (κ3) is 5.19. The van der Waals surface area contributed by atoms with Gasteiger partial charge in [-0.2, -0.15) is 0 Å². The second-order valence-electron chi connectivity index (χ2n) is 5.14. The maximum Gasteiger partial charge on any atom is 0.226 e. The molecule has 2 N–H and O–H groups in total. The molecule has 0 atom stereocenters. The van der Waals surface area contributed by atoms with Crippen molar-refractivity contribution in [3.63, 3.8) is 0 Å². The predicted octanol–water partition coefficient (Wildman–Crippen LogP) is 3.81. The Bertz CT molecular complexity index is 737. The highest BCUT2D eigenvalue weighted by atomic mass is 35.5. The van der Waals surface area contributed by atoms with E-state index in [0.717, 1.165) is 5.69 Å². The molecule has 0 aliphatic heterocycles. The molecule has 0 aliphatic rings. The predicted molar refractivity (Wildman–Crippen MR) is 99.3 cm³/mol. The highest BCUT2D eigenvalue weighted by Crippen LogP contribution is 2.30. The van der Waals surface area contributed by atoms with Crippen LogP contribution in [-0.2, 0) is 4.79 Å². The molecule has 25 heavy (non-hydrogen) atoms. The van der Waals surface area contributed by atoms with E-state index in [1.165, 1.54) is 7.11 Å². The first-order chi connectivity index (χ1) is 12.1. The molecule has 2 rings (SSSR count). The monoisotopic (exact) mass is 364 g/mol. The lowest BCUT2D eigenvalue weighted by Crippen LogP contribution is -2.16. The lowest BCUT2D eigenvalue weighted by Gasteiger charge is -2.12. The summed E-state index contributed by atoms with van der Waals surface area (Å²) in [6.07, 6.45) is 0.282. The molecule has 0 unspecified atom stereocenters. The fraction of sp³-hybridized carbons (Fsp3) is 0.278. The highest BCUT2D eigenvalue weighted by Gasteiger charge is 2.09. The number of hydrogen-bond acceptors (Lipinski definition) is 5. The molecule has 6 nitrogen and oxygen atoms in total. The van der Waals surface area contributed by atoms with Crippen LogP contribution < -0.4 is 24.8 Å². The quantitative estimate of drug-likeness (QED) is 0.745. The molecule has 0 bridgehead atoms. The van der Waals surface area contributed by atoms with Crippen LogP contribution >= 0.6 is 11.6 Å². The van der Waals surface area contributed by atoms with Crippen LogP contribution in [0.1, 0.15) is 6.42 Å².